The summed E-state index contributed by atoms with van der Waals surface area (Å²) in [5, 5.41) is 8.34. The van der Waals surface area contributed by atoms with Crippen LogP contribution in [0, 0.1) is 23.0 Å². The zero-order chi connectivity index (χ0) is 24.4. The van der Waals surface area contributed by atoms with E-state index < -0.39 is 56.7 Å². The minimum Gasteiger partial charge on any atom is -0.466 e. The van der Waals surface area contributed by atoms with Gasteiger partial charge < -0.3 is 15.2 Å². The number of benzene rings is 2. The van der Waals surface area contributed by atoms with Crippen LogP contribution in [0.25, 0.3) is 0 Å². The Bertz CT molecular complexity index is 1260. The fourth-order valence-electron chi connectivity index (χ4n) is 3.49. The molecule has 1 unspecified atom stereocenters. The smallest absolute Gasteiger partial charge is 0.355 e. The lowest BCUT2D eigenvalue weighted by Gasteiger charge is -2.36. The first-order valence-electron chi connectivity index (χ1n) is 9.18. The van der Waals surface area contributed by atoms with E-state index in [9.17, 15) is 23.6 Å². The lowest BCUT2D eigenvalue weighted by Crippen LogP contribution is -2.41. The second kappa shape index (κ2) is 9.48. The SMILES string of the molecule is COC(=O)C1=C(C(=O)OC)N(c2cc(F)c(Cl)c(F)c2Cl)C(N)=C(C#N)C1c1ccccc1. The average Bonchev–Trinajstić information content (AvgIpc) is 2.83. The van der Waals surface area contributed by atoms with Gasteiger partial charge in [0.1, 0.15) is 27.4 Å². The Hall–Kier alpha value is -3.61. The molecule has 1 aliphatic rings. The number of hydrogen-bond donors (Lipinski definition) is 1. The lowest BCUT2D eigenvalue weighted by atomic mass is 9.81. The quantitative estimate of drug-likeness (QED) is 0.387. The number of hydrogen-bond acceptors (Lipinski definition) is 7. The predicted octanol–water partition coefficient (Wildman–Crippen LogP) is 4.17. The molecule has 0 bridgehead atoms. The summed E-state index contributed by atoms with van der Waals surface area (Å²) in [4.78, 5) is 26.6. The topological polar surface area (TPSA) is 106 Å². The van der Waals surface area contributed by atoms with Gasteiger partial charge in [0.25, 0.3) is 0 Å². The van der Waals surface area contributed by atoms with Crippen LogP contribution < -0.4 is 10.6 Å². The highest BCUT2D eigenvalue weighted by atomic mass is 35.5. The van der Waals surface area contributed by atoms with E-state index in [-0.39, 0.29) is 11.1 Å². The summed E-state index contributed by atoms with van der Waals surface area (Å²) in [6, 6.07) is 10.9. The predicted molar refractivity (Wildman–Crippen MR) is 116 cm³/mol. The minimum atomic E-state index is -1.33. The third-order valence-corrected chi connectivity index (χ3v) is 5.64. The maximum absolute atomic E-state index is 14.5. The molecule has 0 aromatic heterocycles. The second-order valence-electron chi connectivity index (χ2n) is 6.65. The number of ether oxygens (including phenoxy) is 2. The Balaban J connectivity index is 2.49. The van der Waals surface area contributed by atoms with Crippen LogP contribution in [0.5, 0.6) is 0 Å². The van der Waals surface area contributed by atoms with Gasteiger partial charge in [-0.25, -0.2) is 18.4 Å². The summed E-state index contributed by atoms with van der Waals surface area (Å²) in [6.07, 6.45) is 0. The fourth-order valence-corrected chi connectivity index (χ4v) is 3.92. The number of carbonyl (C=O) groups is 2. The number of allylic oxidation sites excluding steroid dienone is 1. The van der Waals surface area contributed by atoms with Crippen LogP contribution in [-0.4, -0.2) is 26.2 Å². The van der Waals surface area contributed by atoms with Crippen LogP contribution in [0.4, 0.5) is 14.5 Å². The van der Waals surface area contributed by atoms with Crippen molar-refractivity contribution in [2.45, 2.75) is 5.92 Å². The molecule has 1 aliphatic heterocycles. The highest BCUT2D eigenvalue weighted by Crippen LogP contribution is 2.46. The van der Waals surface area contributed by atoms with Crippen LogP contribution >= 0.6 is 23.2 Å². The number of esters is 2. The van der Waals surface area contributed by atoms with Gasteiger partial charge in [-0.15, -0.1) is 0 Å². The summed E-state index contributed by atoms with van der Waals surface area (Å²) in [5.74, 6) is -6.18. The molecule has 0 spiro atoms. The number of methoxy groups -OCH3 is 2. The molecule has 170 valence electrons. The molecular weight excluding hydrogens is 479 g/mol. The maximum Gasteiger partial charge on any atom is 0.355 e. The number of halogens is 4. The van der Waals surface area contributed by atoms with Gasteiger partial charge in [-0.3, -0.25) is 4.90 Å². The van der Waals surface area contributed by atoms with Gasteiger partial charge in [-0.2, -0.15) is 5.26 Å². The van der Waals surface area contributed by atoms with Crippen LogP contribution in [0.15, 0.2) is 59.1 Å². The van der Waals surface area contributed by atoms with Crippen molar-refractivity contribution in [3.63, 3.8) is 0 Å². The molecule has 0 aliphatic carbocycles. The monoisotopic (exact) mass is 493 g/mol. The zero-order valence-corrected chi connectivity index (χ0v) is 18.7. The van der Waals surface area contributed by atoms with E-state index in [1.54, 1.807) is 30.3 Å². The van der Waals surface area contributed by atoms with Crippen molar-refractivity contribution < 1.29 is 27.8 Å². The summed E-state index contributed by atoms with van der Waals surface area (Å²) in [5.41, 5.74) is 5.13. The summed E-state index contributed by atoms with van der Waals surface area (Å²) < 4.78 is 38.6. The summed E-state index contributed by atoms with van der Waals surface area (Å²) in [7, 11) is 2.10. The van der Waals surface area contributed by atoms with Crippen molar-refractivity contribution in [3.8, 4) is 6.07 Å². The Morgan fingerprint density at radius 2 is 1.70 bits per heavy atom. The number of anilines is 1. The first-order valence-corrected chi connectivity index (χ1v) is 9.93. The third-order valence-electron chi connectivity index (χ3n) is 4.93. The van der Waals surface area contributed by atoms with Crippen molar-refractivity contribution >= 4 is 40.8 Å². The number of nitrogens with two attached hydrogens (primary N) is 1. The molecule has 2 N–H and O–H groups in total. The molecule has 33 heavy (non-hydrogen) atoms. The van der Waals surface area contributed by atoms with Gasteiger partial charge in [-0.05, 0) is 5.56 Å². The largest absolute Gasteiger partial charge is 0.466 e. The maximum atomic E-state index is 14.5. The van der Waals surface area contributed by atoms with E-state index in [0.29, 0.717) is 5.56 Å². The van der Waals surface area contributed by atoms with Gasteiger partial charge in [0.2, 0.25) is 0 Å². The molecule has 3 rings (SSSR count). The standard InChI is InChI=1S/C22H15Cl2F2N3O4/c1-32-21(30)15-14(10-6-4-3-5-7-10)11(9-27)20(28)29(19(15)22(31)33-2)13-8-12(25)16(23)18(26)17(13)24/h3-8,14H,28H2,1-2H3. The molecule has 11 heteroatoms. The van der Waals surface area contributed by atoms with Crippen LogP contribution in [0.2, 0.25) is 10.0 Å². The number of nitrogens with zero attached hydrogens (tertiary/aromatic N) is 2. The number of rotatable bonds is 4. The van der Waals surface area contributed by atoms with Gasteiger partial charge in [-0.1, -0.05) is 53.5 Å². The Morgan fingerprint density at radius 1 is 1.09 bits per heavy atom. The van der Waals surface area contributed by atoms with E-state index in [2.05, 4.69) is 0 Å². The molecule has 0 saturated carbocycles. The molecule has 0 saturated heterocycles. The number of nitriles is 1. The molecule has 0 amide bonds. The molecule has 2 aromatic rings. The molecule has 2 aromatic carbocycles. The van der Waals surface area contributed by atoms with E-state index in [1.165, 1.54) is 0 Å². The van der Waals surface area contributed by atoms with Crippen LogP contribution in [-0.2, 0) is 19.1 Å². The van der Waals surface area contributed by atoms with E-state index in [1.807, 2.05) is 6.07 Å². The molecule has 1 heterocycles. The summed E-state index contributed by atoms with van der Waals surface area (Å²) in [6.45, 7) is 0. The Morgan fingerprint density at radius 3 is 2.24 bits per heavy atom. The van der Waals surface area contributed by atoms with Crippen molar-refractivity contribution in [2.24, 2.45) is 5.73 Å². The van der Waals surface area contributed by atoms with Crippen molar-refractivity contribution in [1.82, 2.24) is 0 Å². The normalized spacial score (nSPS) is 15.9. The Labute approximate surface area is 197 Å². The van der Waals surface area contributed by atoms with E-state index >= 15 is 0 Å². The van der Waals surface area contributed by atoms with E-state index in [0.717, 1.165) is 25.2 Å². The van der Waals surface area contributed by atoms with Crippen LogP contribution in [0.3, 0.4) is 0 Å². The summed E-state index contributed by atoms with van der Waals surface area (Å²) >= 11 is 11.7. The van der Waals surface area contributed by atoms with Crippen molar-refractivity contribution in [3.05, 3.63) is 86.3 Å². The first kappa shape index (κ1) is 24.0. The average molecular weight is 494 g/mol. The zero-order valence-electron chi connectivity index (χ0n) is 17.2. The molecule has 0 radical (unpaired) electrons. The van der Waals surface area contributed by atoms with Gasteiger partial charge in [0.15, 0.2) is 5.82 Å². The van der Waals surface area contributed by atoms with Crippen molar-refractivity contribution in [2.75, 3.05) is 19.1 Å². The van der Waals surface area contributed by atoms with Crippen molar-refractivity contribution in [1.29, 1.82) is 5.26 Å². The van der Waals surface area contributed by atoms with Gasteiger partial charge in [0, 0.05) is 6.07 Å². The first-order chi connectivity index (χ1) is 15.7. The minimum absolute atomic E-state index is 0.193. The second-order valence-corrected chi connectivity index (χ2v) is 7.41. The highest BCUT2D eigenvalue weighted by molar-refractivity contribution is 6.37. The molecular formula is C22H15Cl2F2N3O4. The van der Waals surface area contributed by atoms with Gasteiger partial charge in [0.05, 0.1) is 43.0 Å². The molecule has 0 fully saturated rings. The van der Waals surface area contributed by atoms with E-state index in [4.69, 9.17) is 38.4 Å². The molecule has 7 nitrogen and oxygen atoms in total. The van der Waals surface area contributed by atoms with Crippen LogP contribution in [0.1, 0.15) is 11.5 Å². The third kappa shape index (κ3) is 3.99. The van der Waals surface area contributed by atoms with Gasteiger partial charge >= 0.3 is 11.9 Å². The lowest BCUT2D eigenvalue weighted by molar-refractivity contribution is -0.139. The fraction of sp³-hybridized carbons (Fsp3) is 0.136. The molecule has 1 atom stereocenters. The number of carbonyl (C=O) groups excluding carboxylic acids is 2. The Kier molecular flexibility index (Phi) is 6.91. The highest BCUT2D eigenvalue weighted by Gasteiger charge is 2.44.